The Balaban J connectivity index is 1.84. The highest BCUT2D eigenvalue weighted by Gasteiger charge is 2.13. The molecule has 0 atom stereocenters. The molecule has 0 aliphatic heterocycles. The van der Waals surface area contributed by atoms with Crippen LogP contribution in [0, 0.1) is 5.82 Å². The average molecular weight is 397 g/mol. The molecule has 0 radical (unpaired) electrons. The zero-order valence-corrected chi connectivity index (χ0v) is 14.8. The van der Waals surface area contributed by atoms with Crippen LogP contribution in [0.1, 0.15) is 10.4 Å². The SMILES string of the molecule is COc1ccc(C(=O)NC(=O)NNNc2ccc(S(N)(=O)=O)cc2)cc1F. The molecule has 0 aromatic heterocycles. The number of sulfonamides is 1. The lowest BCUT2D eigenvalue weighted by Crippen LogP contribution is -2.48. The standard InChI is InChI=1S/C15H16FN5O5S/c1-26-13-7-2-9(8-12(13)16)14(22)18-15(23)20-21-19-10-3-5-11(6-4-10)27(17,24)25/h2-8,19,21H,1H3,(H2,17,24,25)(H2,18,20,22,23). The number of ether oxygens (including phenoxy) is 1. The molecule has 0 aliphatic rings. The van der Waals surface area contributed by atoms with E-state index in [4.69, 9.17) is 9.88 Å². The molecule has 0 saturated carbocycles. The van der Waals surface area contributed by atoms with Crippen LogP contribution in [0.15, 0.2) is 47.4 Å². The summed E-state index contributed by atoms with van der Waals surface area (Å²) in [6, 6.07) is 7.90. The van der Waals surface area contributed by atoms with Gasteiger partial charge in [0.25, 0.3) is 5.91 Å². The summed E-state index contributed by atoms with van der Waals surface area (Å²) in [6.45, 7) is 0. The molecule has 0 spiro atoms. The summed E-state index contributed by atoms with van der Waals surface area (Å²) < 4.78 is 40.6. The zero-order chi connectivity index (χ0) is 20.0. The van der Waals surface area contributed by atoms with Gasteiger partial charge >= 0.3 is 6.03 Å². The summed E-state index contributed by atoms with van der Waals surface area (Å²) in [7, 11) is -2.52. The first kappa shape index (κ1) is 20.1. The Hall–Kier alpha value is -3.22. The fourth-order valence-electron chi connectivity index (χ4n) is 1.90. The molecule has 3 amide bonds. The van der Waals surface area contributed by atoms with E-state index in [0.29, 0.717) is 5.69 Å². The number of hydrogen-bond acceptors (Lipinski definition) is 7. The van der Waals surface area contributed by atoms with Gasteiger partial charge in [-0.1, -0.05) is 0 Å². The predicted molar refractivity (Wildman–Crippen MR) is 93.5 cm³/mol. The van der Waals surface area contributed by atoms with Crippen LogP contribution >= 0.6 is 0 Å². The van der Waals surface area contributed by atoms with Crippen molar-refractivity contribution in [2.75, 3.05) is 12.5 Å². The first-order valence-electron chi connectivity index (χ1n) is 7.29. The molecule has 0 unspecified atom stereocenters. The fourth-order valence-corrected chi connectivity index (χ4v) is 2.42. The molecule has 0 fully saturated rings. The first-order valence-corrected chi connectivity index (χ1v) is 8.84. The Morgan fingerprint density at radius 1 is 1.11 bits per heavy atom. The zero-order valence-electron chi connectivity index (χ0n) is 13.9. The fraction of sp³-hybridized carbons (Fsp3) is 0.0667. The molecule has 2 aromatic rings. The van der Waals surface area contributed by atoms with Gasteiger partial charge in [-0.3, -0.25) is 15.5 Å². The summed E-state index contributed by atoms with van der Waals surface area (Å²) in [4.78, 5) is 23.5. The molecular formula is C15H16FN5O5S. The van der Waals surface area contributed by atoms with E-state index >= 15 is 0 Å². The number of anilines is 1. The van der Waals surface area contributed by atoms with Gasteiger partial charge < -0.3 is 10.2 Å². The van der Waals surface area contributed by atoms with Gasteiger partial charge in [-0.05, 0) is 42.5 Å². The van der Waals surface area contributed by atoms with E-state index in [0.717, 1.165) is 6.07 Å². The number of nitrogens with two attached hydrogens (primary N) is 1. The molecule has 0 heterocycles. The van der Waals surface area contributed by atoms with Crippen LogP contribution in [-0.4, -0.2) is 27.5 Å². The van der Waals surface area contributed by atoms with Crippen LogP contribution in [0.2, 0.25) is 0 Å². The van der Waals surface area contributed by atoms with Crippen LogP contribution in [0.25, 0.3) is 0 Å². The number of amides is 3. The second-order valence-corrected chi connectivity index (χ2v) is 6.64. The highest BCUT2D eigenvalue weighted by molar-refractivity contribution is 7.89. The van der Waals surface area contributed by atoms with E-state index in [1.165, 1.54) is 43.5 Å². The molecule has 0 saturated heterocycles. The van der Waals surface area contributed by atoms with Crippen molar-refractivity contribution in [3.63, 3.8) is 0 Å². The number of imide groups is 1. The van der Waals surface area contributed by atoms with Gasteiger partial charge in [0.2, 0.25) is 10.0 Å². The Morgan fingerprint density at radius 2 is 1.78 bits per heavy atom. The number of nitrogens with one attached hydrogen (secondary N) is 4. The van der Waals surface area contributed by atoms with Crippen molar-refractivity contribution in [3.8, 4) is 5.75 Å². The van der Waals surface area contributed by atoms with E-state index in [1.807, 2.05) is 5.32 Å². The quantitative estimate of drug-likeness (QED) is 0.444. The third-order valence-corrected chi connectivity index (χ3v) is 4.14. The van der Waals surface area contributed by atoms with Gasteiger partial charge in [0.05, 0.1) is 17.7 Å². The van der Waals surface area contributed by atoms with Crippen molar-refractivity contribution in [2.45, 2.75) is 4.90 Å². The monoisotopic (exact) mass is 397 g/mol. The van der Waals surface area contributed by atoms with Crippen molar-refractivity contribution < 1.29 is 27.1 Å². The predicted octanol–water partition coefficient (Wildman–Crippen LogP) is 0.453. The van der Waals surface area contributed by atoms with Crippen LogP contribution in [0.3, 0.4) is 0 Å². The number of hydrogen-bond donors (Lipinski definition) is 5. The van der Waals surface area contributed by atoms with E-state index in [-0.39, 0.29) is 16.2 Å². The lowest BCUT2D eigenvalue weighted by atomic mass is 10.2. The summed E-state index contributed by atoms with van der Waals surface area (Å²) in [6.07, 6.45) is 0. The van der Waals surface area contributed by atoms with E-state index < -0.39 is 27.8 Å². The Morgan fingerprint density at radius 3 is 2.33 bits per heavy atom. The van der Waals surface area contributed by atoms with Gasteiger partial charge in [-0.15, -0.1) is 5.53 Å². The highest BCUT2D eigenvalue weighted by atomic mass is 32.2. The Labute approximate surface area is 153 Å². The normalized spacial score (nSPS) is 10.8. The van der Waals surface area contributed by atoms with Crippen molar-refractivity contribution in [1.29, 1.82) is 0 Å². The average Bonchev–Trinajstić information content (AvgIpc) is 2.61. The third kappa shape index (κ3) is 5.64. The Kier molecular flexibility index (Phi) is 6.28. The van der Waals surface area contributed by atoms with Crippen LogP contribution in [0.5, 0.6) is 5.75 Å². The van der Waals surface area contributed by atoms with E-state index in [1.54, 1.807) is 0 Å². The number of carbonyl (C=O) groups excluding carboxylic acids is 2. The molecule has 27 heavy (non-hydrogen) atoms. The Bertz CT molecular complexity index is 950. The molecule has 12 heteroatoms. The number of carbonyl (C=O) groups is 2. The lowest BCUT2D eigenvalue weighted by Gasteiger charge is -2.11. The molecule has 6 N–H and O–H groups in total. The molecule has 144 valence electrons. The second kappa shape index (κ2) is 8.44. The number of halogens is 1. The number of benzene rings is 2. The van der Waals surface area contributed by atoms with Crippen molar-refractivity contribution in [3.05, 3.63) is 53.8 Å². The molecule has 0 aliphatic carbocycles. The van der Waals surface area contributed by atoms with Gasteiger partial charge in [0, 0.05) is 5.56 Å². The lowest BCUT2D eigenvalue weighted by molar-refractivity contribution is 0.0962. The van der Waals surface area contributed by atoms with Crippen molar-refractivity contribution in [2.24, 2.45) is 5.14 Å². The highest BCUT2D eigenvalue weighted by Crippen LogP contribution is 2.17. The minimum atomic E-state index is -3.80. The van der Waals surface area contributed by atoms with Crippen molar-refractivity contribution >= 4 is 27.6 Å². The minimum Gasteiger partial charge on any atom is -0.494 e. The maximum atomic E-state index is 13.6. The minimum absolute atomic E-state index is 0.0321. The summed E-state index contributed by atoms with van der Waals surface area (Å²) >= 11 is 0. The number of hydrazine groups is 2. The van der Waals surface area contributed by atoms with Crippen LogP contribution in [0.4, 0.5) is 14.9 Å². The van der Waals surface area contributed by atoms with E-state index in [9.17, 15) is 22.4 Å². The second-order valence-electron chi connectivity index (χ2n) is 5.08. The maximum absolute atomic E-state index is 13.6. The number of urea groups is 1. The maximum Gasteiger partial charge on any atom is 0.337 e. The molecule has 2 aromatic carbocycles. The summed E-state index contributed by atoms with van der Waals surface area (Å²) in [5.41, 5.74) is 7.31. The number of rotatable bonds is 6. The van der Waals surface area contributed by atoms with Gasteiger partial charge in [0.15, 0.2) is 11.6 Å². The van der Waals surface area contributed by atoms with Crippen molar-refractivity contribution in [1.82, 2.24) is 16.3 Å². The van der Waals surface area contributed by atoms with Gasteiger partial charge in [0.1, 0.15) is 0 Å². The van der Waals surface area contributed by atoms with E-state index in [2.05, 4.69) is 16.4 Å². The number of primary sulfonamides is 1. The summed E-state index contributed by atoms with van der Waals surface area (Å²) in [5, 5.41) is 6.96. The smallest absolute Gasteiger partial charge is 0.337 e. The summed E-state index contributed by atoms with van der Waals surface area (Å²) in [5.74, 6) is -1.60. The third-order valence-electron chi connectivity index (χ3n) is 3.21. The molecular weight excluding hydrogens is 381 g/mol. The largest absolute Gasteiger partial charge is 0.494 e. The molecule has 10 nitrogen and oxygen atoms in total. The topological polar surface area (TPSA) is 152 Å². The van der Waals surface area contributed by atoms with Gasteiger partial charge in [-0.2, -0.15) is 0 Å². The number of methoxy groups -OCH3 is 1. The molecule has 0 bridgehead atoms. The van der Waals surface area contributed by atoms with Crippen LogP contribution < -0.4 is 31.6 Å². The van der Waals surface area contributed by atoms with Crippen LogP contribution in [-0.2, 0) is 10.0 Å². The van der Waals surface area contributed by atoms with Gasteiger partial charge in [-0.25, -0.2) is 22.7 Å². The molecule has 2 rings (SSSR count). The first-order chi connectivity index (χ1) is 12.7.